The number of phenols is 1. The molecule has 0 spiro atoms. The molecular weight excluding hydrogens is 524 g/mol. The normalized spacial score (nSPS) is 13.5. The monoisotopic (exact) mass is 544 g/mol. The van der Waals surface area contributed by atoms with E-state index in [1.165, 1.54) is 19.1 Å². The standard InChI is InChI=1S/C21H20ClFN4O3.C2HF3O2/c1-12(28)25-20-16(22)9-13(10-17(20)23)14-3-2-4-15(21(14)29)18-11-19(26-30-18)27-7-5-24-6-8-27;3-2(4,5)1(6)7/h2-4,9-11,24,29H,5-8H2,1H3,(H,25,28);(H,6,7). The van der Waals surface area contributed by atoms with Gasteiger partial charge in [0, 0.05) is 44.7 Å². The van der Waals surface area contributed by atoms with Crippen LogP contribution in [0.3, 0.4) is 0 Å². The van der Waals surface area contributed by atoms with E-state index in [-0.39, 0.29) is 16.5 Å². The lowest BCUT2D eigenvalue weighted by Crippen LogP contribution is -2.43. The van der Waals surface area contributed by atoms with Crippen molar-refractivity contribution >= 4 is 35.0 Å². The SMILES string of the molecule is CC(=O)Nc1c(F)cc(-c2cccc(-c3cc(N4CCNCC4)no3)c2O)cc1Cl.O=C(O)C(F)(F)F. The lowest BCUT2D eigenvalue weighted by molar-refractivity contribution is -0.192. The van der Waals surface area contributed by atoms with Gasteiger partial charge < -0.3 is 30.3 Å². The van der Waals surface area contributed by atoms with E-state index >= 15 is 0 Å². The number of aliphatic carboxylic acids is 1. The molecular formula is C23H21ClF4N4O5. The van der Waals surface area contributed by atoms with Crippen LogP contribution < -0.4 is 15.5 Å². The smallest absolute Gasteiger partial charge is 0.490 e. The summed E-state index contributed by atoms with van der Waals surface area (Å²) in [5.41, 5.74) is 1.08. The number of hydrogen-bond acceptors (Lipinski definition) is 7. The quantitative estimate of drug-likeness (QED) is 0.353. The summed E-state index contributed by atoms with van der Waals surface area (Å²) in [4.78, 5) is 22.2. The molecule has 0 saturated carbocycles. The highest BCUT2D eigenvalue weighted by Gasteiger charge is 2.38. The van der Waals surface area contributed by atoms with E-state index in [2.05, 4.69) is 20.7 Å². The Bertz CT molecular complexity index is 1270. The van der Waals surface area contributed by atoms with Crippen molar-refractivity contribution in [3.8, 4) is 28.2 Å². The molecule has 4 N–H and O–H groups in total. The van der Waals surface area contributed by atoms with Crippen molar-refractivity contribution in [1.82, 2.24) is 10.5 Å². The van der Waals surface area contributed by atoms with Crippen molar-refractivity contribution in [2.75, 3.05) is 36.4 Å². The Morgan fingerprint density at radius 2 is 1.78 bits per heavy atom. The molecule has 4 rings (SSSR count). The predicted molar refractivity (Wildman–Crippen MR) is 127 cm³/mol. The van der Waals surface area contributed by atoms with Gasteiger partial charge in [0.1, 0.15) is 11.6 Å². The van der Waals surface area contributed by atoms with Crippen LogP contribution in [0, 0.1) is 5.82 Å². The Hall–Kier alpha value is -3.84. The molecule has 0 unspecified atom stereocenters. The lowest BCUT2D eigenvalue weighted by Gasteiger charge is -2.26. The van der Waals surface area contributed by atoms with Gasteiger partial charge in [-0.05, 0) is 23.8 Å². The number of carboxylic acid groups (broad SMARTS) is 1. The number of para-hydroxylation sites is 1. The van der Waals surface area contributed by atoms with Crippen molar-refractivity contribution in [2.45, 2.75) is 13.1 Å². The van der Waals surface area contributed by atoms with Crippen LogP contribution in [-0.2, 0) is 9.59 Å². The second-order valence-corrected chi connectivity index (χ2v) is 8.19. The fourth-order valence-electron chi connectivity index (χ4n) is 3.44. The van der Waals surface area contributed by atoms with Crippen LogP contribution in [0.2, 0.25) is 5.02 Å². The third-order valence-electron chi connectivity index (χ3n) is 5.14. The average molecular weight is 545 g/mol. The summed E-state index contributed by atoms with van der Waals surface area (Å²) < 4.78 is 51.7. The van der Waals surface area contributed by atoms with Gasteiger partial charge in [-0.15, -0.1) is 0 Å². The zero-order valence-corrected chi connectivity index (χ0v) is 20.0. The van der Waals surface area contributed by atoms with Crippen molar-refractivity contribution in [2.24, 2.45) is 0 Å². The van der Waals surface area contributed by atoms with E-state index in [1.807, 2.05) is 0 Å². The molecule has 14 heteroatoms. The Kier molecular flexibility index (Phi) is 8.61. The van der Waals surface area contributed by atoms with Crippen LogP contribution in [-0.4, -0.2) is 59.6 Å². The third kappa shape index (κ3) is 6.89. The molecule has 1 saturated heterocycles. The van der Waals surface area contributed by atoms with Crippen LogP contribution >= 0.6 is 11.6 Å². The molecule has 37 heavy (non-hydrogen) atoms. The number of piperazine rings is 1. The second kappa shape index (κ2) is 11.5. The van der Waals surface area contributed by atoms with E-state index in [4.69, 9.17) is 26.0 Å². The summed E-state index contributed by atoms with van der Waals surface area (Å²) in [6, 6.07) is 9.55. The number of nitrogens with one attached hydrogen (secondary N) is 2. The molecule has 1 fully saturated rings. The Balaban J connectivity index is 0.000000479. The number of alkyl halides is 3. The van der Waals surface area contributed by atoms with Gasteiger partial charge in [-0.1, -0.05) is 28.9 Å². The molecule has 0 atom stereocenters. The lowest BCUT2D eigenvalue weighted by atomic mass is 9.99. The zero-order valence-electron chi connectivity index (χ0n) is 19.2. The van der Waals surface area contributed by atoms with Crippen LogP contribution in [0.5, 0.6) is 5.75 Å². The largest absolute Gasteiger partial charge is 0.507 e. The van der Waals surface area contributed by atoms with Gasteiger partial charge in [0.25, 0.3) is 0 Å². The second-order valence-electron chi connectivity index (χ2n) is 7.79. The number of carbonyl (C=O) groups is 2. The average Bonchev–Trinajstić information content (AvgIpc) is 3.32. The fraction of sp³-hybridized carbons (Fsp3) is 0.261. The molecule has 9 nitrogen and oxygen atoms in total. The number of hydrogen-bond donors (Lipinski definition) is 4. The summed E-state index contributed by atoms with van der Waals surface area (Å²) in [6.07, 6.45) is -5.08. The number of anilines is 2. The minimum atomic E-state index is -5.08. The highest BCUT2D eigenvalue weighted by atomic mass is 35.5. The minimum absolute atomic E-state index is 0.0330. The Morgan fingerprint density at radius 3 is 2.35 bits per heavy atom. The maximum atomic E-state index is 14.5. The van der Waals surface area contributed by atoms with E-state index in [0.29, 0.717) is 28.3 Å². The molecule has 2 aromatic carbocycles. The molecule has 198 valence electrons. The molecule has 0 radical (unpaired) electrons. The molecule has 0 bridgehead atoms. The Morgan fingerprint density at radius 1 is 1.16 bits per heavy atom. The van der Waals surface area contributed by atoms with Crippen LogP contribution in [0.15, 0.2) is 40.9 Å². The molecule has 1 aromatic heterocycles. The first kappa shape index (κ1) is 27.7. The van der Waals surface area contributed by atoms with Crippen molar-refractivity contribution in [1.29, 1.82) is 0 Å². The van der Waals surface area contributed by atoms with E-state index < -0.39 is 23.9 Å². The molecule has 3 aromatic rings. The van der Waals surface area contributed by atoms with Gasteiger partial charge in [0.2, 0.25) is 5.91 Å². The van der Waals surface area contributed by atoms with Gasteiger partial charge in [-0.3, -0.25) is 4.79 Å². The molecule has 2 heterocycles. The first-order chi connectivity index (χ1) is 17.4. The number of nitrogens with zero attached hydrogens (tertiary/aromatic N) is 2. The predicted octanol–water partition coefficient (Wildman–Crippen LogP) is 4.51. The van der Waals surface area contributed by atoms with Crippen molar-refractivity contribution in [3.05, 3.63) is 47.2 Å². The van der Waals surface area contributed by atoms with Crippen LogP contribution in [0.25, 0.3) is 22.5 Å². The molecule has 0 aliphatic carbocycles. The number of aromatic nitrogens is 1. The van der Waals surface area contributed by atoms with Gasteiger partial charge >= 0.3 is 12.1 Å². The van der Waals surface area contributed by atoms with Crippen molar-refractivity contribution < 1.29 is 41.9 Å². The number of halogens is 5. The number of benzene rings is 2. The van der Waals surface area contributed by atoms with Gasteiger partial charge in [-0.25, -0.2) is 9.18 Å². The molecule has 1 aliphatic rings. The Labute approximate surface area is 212 Å². The van der Waals surface area contributed by atoms with Crippen molar-refractivity contribution in [3.63, 3.8) is 0 Å². The number of amides is 1. The maximum absolute atomic E-state index is 14.5. The van der Waals surface area contributed by atoms with E-state index in [0.717, 1.165) is 26.2 Å². The number of rotatable bonds is 4. The topological polar surface area (TPSA) is 128 Å². The zero-order chi connectivity index (χ0) is 27.3. The molecule has 1 aliphatic heterocycles. The molecule has 1 amide bonds. The summed E-state index contributed by atoms with van der Waals surface area (Å²) in [5, 5.41) is 27.8. The van der Waals surface area contributed by atoms with E-state index in [9.17, 15) is 27.5 Å². The number of carboxylic acids is 1. The summed E-state index contributed by atoms with van der Waals surface area (Å²) in [7, 11) is 0. The highest BCUT2D eigenvalue weighted by Crippen LogP contribution is 2.41. The van der Waals surface area contributed by atoms with Crippen LogP contribution in [0.1, 0.15) is 6.92 Å². The van der Waals surface area contributed by atoms with Gasteiger partial charge in [-0.2, -0.15) is 13.2 Å². The van der Waals surface area contributed by atoms with Gasteiger partial charge in [0.15, 0.2) is 11.6 Å². The number of carbonyl (C=O) groups excluding carboxylic acids is 1. The summed E-state index contributed by atoms with van der Waals surface area (Å²) in [6.45, 7) is 4.63. The highest BCUT2D eigenvalue weighted by molar-refractivity contribution is 6.34. The third-order valence-corrected chi connectivity index (χ3v) is 5.43. The number of phenolic OH excluding ortho intramolecular Hbond substituents is 1. The first-order valence-corrected chi connectivity index (χ1v) is 11.1. The summed E-state index contributed by atoms with van der Waals surface area (Å²) >= 11 is 6.15. The summed E-state index contributed by atoms with van der Waals surface area (Å²) in [5.74, 6) is -2.86. The minimum Gasteiger partial charge on any atom is -0.507 e. The fourth-order valence-corrected chi connectivity index (χ4v) is 3.69. The first-order valence-electron chi connectivity index (χ1n) is 10.7. The van der Waals surface area contributed by atoms with E-state index in [1.54, 1.807) is 24.3 Å². The van der Waals surface area contributed by atoms with Gasteiger partial charge in [0.05, 0.1) is 16.3 Å². The number of aromatic hydroxyl groups is 1. The maximum Gasteiger partial charge on any atom is 0.490 e. The van der Waals surface area contributed by atoms with Crippen LogP contribution in [0.4, 0.5) is 29.1 Å².